The zero-order chi connectivity index (χ0) is 25.6. The van der Waals surface area contributed by atoms with Crippen LogP contribution >= 0.6 is 0 Å². The number of benzene rings is 1. The van der Waals surface area contributed by atoms with Crippen molar-refractivity contribution in [3.8, 4) is 11.8 Å². The van der Waals surface area contributed by atoms with E-state index >= 15 is 0 Å². The summed E-state index contributed by atoms with van der Waals surface area (Å²) in [6.45, 7) is 1.93. The Morgan fingerprint density at radius 1 is 0.657 bits per heavy atom. The molecule has 0 spiro atoms. The molecule has 1 aromatic rings. The van der Waals surface area contributed by atoms with Gasteiger partial charge in [0.25, 0.3) is 0 Å². The van der Waals surface area contributed by atoms with Gasteiger partial charge in [-0.3, -0.25) is 0 Å². The van der Waals surface area contributed by atoms with E-state index in [4.69, 9.17) is 0 Å². The molecule has 2 aliphatic heterocycles. The fourth-order valence-electron chi connectivity index (χ4n) is 2.70. The van der Waals surface area contributed by atoms with Crippen LogP contribution in [-0.4, -0.2) is 69.4 Å². The minimum Gasteiger partial charge on any atom is -0.0622 e. The van der Waals surface area contributed by atoms with Crippen LogP contribution in [0.15, 0.2) is 30.3 Å². The van der Waals surface area contributed by atoms with Gasteiger partial charge in [-0.15, -0.1) is 5.92 Å². The van der Waals surface area contributed by atoms with Crippen molar-refractivity contribution in [2.75, 3.05) is 28.8 Å². The first-order valence-corrected chi connectivity index (χ1v) is 22.9. The molecule has 3 rings (SSSR count). The zero-order valence-corrected chi connectivity index (χ0v) is 25.4. The SMILES string of the molecule is CC#CC[S+]1CCCC1.[F-].[F-].[F][Sb]([F])([F])([F])[F].[F][Sb]([F])([F])([F])[F].c1ccc(C[S+]2CCCC2)cc1. The van der Waals surface area contributed by atoms with Crippen molar-refractivity contribution in [3.05, 3.63) is 35.9 Å². The van der Waals surface area contributed by atoms with Crippen molar-refractivity contribution in [2.24, 2.45) is 0 Å². The summed E-state index contributed by atoms with van der Waals surface area (Å²) in [7, 11) is 1.42. The quantitative estimate of drug-likeness (QED) is 0.189. The Morgan fingerprint density at radius 2 is 1.00 bits per heavy atom. The molecule has 1 aromatic carbocycles. The largest absolute Gasteiger partial charge is 0.133 e. The van der Waals surface area contributed by atoms with E-state index in [1.165, 1.54) is 65.8 Å². The second-order valence-corrected chi connectivity index (χ2v) is 18.9. The average Bonchev–Trinajstić information content (AvgIpc) is 3.31. The van der Waals surface area contributed by atoms with Gasteiger partial charge in [-0.1, -0.05) is 30.3 Å². The normalized spacial score (nSPS) is 17.8. The zero-order valence-electron chi connectivity index (χ0n) is 18.7. The molecule has 0 unspecified atom stereocenters. The summed E-state index contributed by atoms with van der Waals surface area (Å²) in [5.74, 6) is 14.5. The third-order valence-corrected chi connectivity index (χ3v) is 8.66. The Balaban J connectivity index is -0.000000402. The minimum absolute atomic E-state index is 0. The van der Waals surface area contributed by atoms with Gasteiger partial charge in [0, 0.05) is 5.56 Å². The predicted octanol–water partition coefficient (Wildman–Crippen LogP) is 1.47. The Bertz CT molecular complexity index is 675. The molecule has 0 atom stereocenters. The maximum atomic E-state index is 9.91. The summed E-state index contributed by atoms with van der Waals surface area (Å²) in [4.78, 5) is 0. The second kappa shape index (κ2) is 17.7. The van der Waals surface area contributed by atoms with Gasteiger partial charge >= 0.3 is 68.7 Å². The first kappa shape index (κ1) is 39.8. The topological polar surface area (TPSA) is 0 Å². The first-order chi connectivity index (χ1) is 14.9. The molecule has 210 valence electrons. The van der Waals surface area contributed by atoms with E-state index in [0.29, 0.717) is 10.9 Å². The molecular weight excluding hydrogens is 764 g/mol. The Kier molecular flexibility index (Phi) is 20.1. The number of hydrogen-bond donors (Lipinski definition) is 0. The van der Waals surface area contributed by atoms with Crippen LogP contribution in [0.5, 0.6) is 0 Å². The molecule has 0 aliphatic carbocycles. The van der Waals surface area contributed by atoms with E-state index in [-0.39, 0.29) is 9.41 Å². The van der Waals surface area contributed by atoms with Crippen LogP contribution in [0.2, 0.25) is 0 Å². The first-order valence-electron chi connectivity index (χ1n) is 9.79. The predicted molar refractivity (Wildman–Crippen MR) is 124 cm³/mol. The maximum absolute atomic E-state index is 9.91. The van der Waals surface area contributed by atoms with E-state index in [1.807, 2.05) is 6.92 Å². The van der Waals surface area contributed by atoms with E-state index in [9.17, 15) is 28.1 Å². The van der Waals surface area contributed by atoms with Crippen LogP contribution in [0.25, 0.3) is 0 Å². The molecule has 35 heavy (non-hydrogen) atoms. The summed E-state index contributed by atoms with van der Waals surface area (Å²) in [6.07, 6.45) is 5.84. The van der Waals surface area contributed by atoms with E-state index in [2.05, 4.69) is 42.2 Å². The number of halogens is 12. The molecular formula is C19H28F12S2Sb2. The van der Waals surface area contributed by atoms with Crippen molar-refractivity contribution in [3.63, 3.8) is 0 Å². The van der Waals surface area contributed by atoms with Gasteiger partial charge in [-0.2, -0.15) is 0 Å². The van der Waals surface area contributed by atoms with Crippen molar-refractivity contribution >= 4 is 62.4 Å². The summed E-state index contributed by atoms with van der Waals surface area (Å²) in [5.41, 5.74) is 1.53. The van der Waals surface area contributed by atoms with Gasteiger partial charge in [0.1, 0.15) is 28.8 Å². The van der Waals surface area contributed by atoms with Gasteiger partial charge in [0.15, 0.2) is 5.75 Å². The molecule has 0 saturated carbocycles. The summed E-state index contributed by atoms with van der Waals surface area (Å²) in [6, 6.07) is 10.9. The molecule has 16 heteroatoms. The number of hydrogen-bond acceptors (Lipinski definition) is 0. The minimum atomic E-state index is -9.19. The fourth-order valence-corrected chi connectivity index (χ4v) is 7.15. The van der Waals surface area contributed by atoms with Gasteiger partial charge in [-0.05, 0) is 60.3 Å². The Labute approximate surface area is 213 Å². The van der Waals surface area contributed by atoms with Gasteiger partial charge < -0.3 is 9.41 Å². The molecule has 2 aliphatic rings. The fraction of sp³-hybridized carbons (Fsp3) is 0.579. The third-order valence-electron chi connectivity index (χ3n) is 3.90. The monoisotopic (exact) mass is 790 g/mol. The Hall–Kier alpha value is 0.276. The van der Waals surface area contributed by atoms with Crippen molar-refractivity contribution in [1.82, 2.24) is 0 Å². The third kappa shape index (κ3) is 39.0. The van der Waals surface area contributed by atoms with Crippen LogP contribution in [0.4, 0.5) is 28.1 Å². The van der Waals surface area contributed by atoms with Crippen LogP contribution in [0.3, 0.4) is 0 Å². The van der Waals surface area contributed by atoms with Gasteiger partial charge in [0.2, 0.25) is 0 Å². The number of rotatable bonds is 3. The molecule has 2 fully saturated rings. The molecule has 2 saturated heterocycles. The van der Waals surface area contributed by atoms with E-state index < -0.39 is 40.6 Å². The van der Waals surface area contributed by atoms with E-state index in [0.717, 1.165) is 10.9 Å². The molecule has 0 radical (unpaired) electrons. The van der Waals surface area contributed by atoms with Crippen molar-refractivity contribution in [1.29, 1.82) is 0 Å². The van der Waals surface area contributed by atoms with Crippen LogP contribution < -0.4 is 9.41 Å². The second-order valence-electron chi connectivity index (χ2n) is 6.93. The van der Waals surface area contributed by atoms with Crippen LogP contribution in [-0.2, 0) is 27.5 Å². The average molecular weight is 792 g/mol. The molecule has 0 amide bonds. The summed E-state index contributed by atoms with van der Waals surface area (Å²) < 4.78 is 99.1. The van der Waals surface area contributed by atoms with Gasteiger partial charge in [0.05, 0.1) is 0 Å². The molecule has 2 heterocycles. The van der Waals surface area contributed by atoms with Crippen molar-refractivity contribution in [2.45, 2.75) is 38.4 Å². The molecule has 0 N–H and O–H groups in total. The molecule has 0 nitrogen and oxygen atoms in total. The summed E-state index contributed by atoms with van der Waals surface area (Å²) >= 11 is -18.4. The molecule has 0 aromatic heterocycles. The van der Waals surface area contributed by atoms with Crippen LogP contribution in [0.1, 0.15) is 38.2 Å². The summed E-state index contributed by atoms with van der Waals surface area (Å²) in [5, 5.41) is 0. The van der Waals surface area contributed by atoms with Crippen LogP contribution in [0, 0.1) is 11.8 Å². The Morgan fingerprint density at radius 3 is 1.34 bits per heavy atom. The van der Waals surface area contributed by atoms with E-state index in [1.54, 1.807) is 0 Å². The standard InChI is InChI=1S/C11H15S.C8H13S.12FH.2Sb/c1-2-6-11(7-3-1)10-12-8-4-5-9-12;1-2-3-6-9-7-4-5-8-9;;;;;;;;;;;;;;/h1-3,6-7H,4-5,8-10H2;4-8H2,1H3;12*1H;;/q2*+1;;;;;;;;;;;;;2*+5/p-12. The maximum Gasteiger partial charge on any atom is 0.133 e. The molecule has 0 bridgehead atoms. The van der Waals surface area contributed by atoms with Gasteiger partial charge in [-0.25, -0.2) is 0 Å². The van der Waals surface area contributed by atoms with Crippen molar-refractivity contribution < 1.29 is 37.5 Å². The smallest absolute Gasteiger partial charge is 0.0622 e.